The van der Waals surface area contributed by atoms with Crippen molar-refractivity contribution in [3.05, 3.63) is 79.6 Å². The Hall–Kier alpha value is -2.22. The van der Waals surface area contributed by atoms with Crippen LogP contribution >= 0.6 is 0 Å². The van der Waals surface area contributed by atoms with Crippen molar-refractivity contribution in [2.24, 2.45) is 10.2 Å². The number of nitrogens with zero attached hydrogens (tertiary/aromatic N) is 2. The minimum Gasteiger partial charge on any atom is -0.151 e. The van der Waals surface area contributed by atoms with Crippen LogP contribution < -0.4 is 0 Å². The minimum atomic E-state index is 0.710. The smallest absolute Gasteiger partial charge is 0.0857 e. The minimum absolute atomic E-state index is 0.710. The Morgan fingerprint density at radius 2 is 1.81 bits per heavy atom. The van der Waals surface area contributed by atoms with Gasteiger partial charge in [-0.1, -0.05) is 49.6 Å². The van der Waals surface area contributed by atoms with Crippen LogP contribution in [0.5, 0.6) is 0 Å². The van der Waals surface area contributed by atoms with Crippen molar-refractivity contribution >= 4 is 5.69 Å². The third-order valence-electron chi connectivity index (χ3n) is 1.76. The third kappa shape index (κ3) is 4.33. The molecule has 80 valence electrons. The molecule has 1 rings (SSSR count). The summed E-state index contributed by atoms with van der Waals surface area (Å²) in [6, 6.07) is 9.57. The number of benzene rings is 1. The summed E-state index contributed by atoms with van der Waals surface area (Å²) in [5.41, 5.74) is 1.53. The van der Waals surface area contributed by atoms with Crippen LogP contribution in [0.25, 0.3) is 0 Å². The molecule has 0 aliphatic heterocycles. The zero-order valence-electron chi connectivity index (χ0n) is 9.08. The summed E-state index contributed by atoms with van der Waals surface area (Å²) >= 11 is 0. The second-order valence-corrected chi connectivity index (χ2v) is 2.95. The Balaban J connectivity index is 2.74. The Bertz CT molecular complexity index is 425. The molecule has 2 heteroatoms. The van der Waals surface area contributed by atoms with E-state index in [2.05, 4.69) is 23.4 Å². The van der Waals surface area contributed by atoms with E-state index in [0.29, 0.717) is 5.70 Å². The lowest BCUT2D eigenvalue weighted by atomic mass is 10.3. The van der Waals surface area contributed by atoms with Crippen molar-refractivity contribution in [1.82, 2.24) is 0 Å². The van der Waals surface area contributed by atoms with Crippen molar-refractivity contribution < 1.29 is 0 Å². The predicted molar refractivity (Wildman–Crippen MR) is 68.6 cm³/mol. The van der Waals surface area contributed by atoms with Gasteiger partial charge in [0, 0.05) is 0 Å². The van der Waals surface area contributed by atoms with Gasteiger partial charge in [-0.05, 0) is 24.3 Å². The lowest BCUT2D eigenvalue weighted by Crippen LogP contribution is -1.68. The molecule has 1 aromatic rings. The fourth-order valence-electron chi connectivity index (χ4n) is 0.985. The Morgan fingerprint density at radius 3 is 2.44 bits per heavy atom. The molecule has 0 heterocycles. The van der Waals surface area contributed by atoms with Crippen LogP contribution in [-0.4, -0.2) is 0 Å². The molecule has 0 atom stereocenters. The molecule has 0 bridgehead atoms. The number of hydrogen-bond donors (Lipinski definition) is 0. The molecule has 0 aliphatic carbocycles. The van der Waals surface area contributed by atoms with Crippen LogP contribution in [0.1, 0.15) is 0 Å². The van der Waals surface area contributed by atoms with E-state index in [9.17, 15) is 0 Å². The van der Waals surface area contributed by atoms with E-state index in [4.69, 9.17) is 0 Å². The summed E-state index contributed by atoms with van der Waals surface area (Å²) in [6.07, 6.45) is 8.84. The number of azo groups is 1. The lowest BCUT2D eigenvalue weighted by Gasteiger charge is -1.91. The van der Waals surface area contributed by atoms with E-state index < -0.39 is 0 Å². The fraction of sp³-hybridized carbons (Fsp3) is 0. The SMILES string of the molecule is C=C\C=C/C=C(C=C)/N=N/c1ccccc1. The lowest BCUT2D eigenvalue weighted by molar-refractivity contribution is 1.17. The average Bonchev–Trinajstić information content (AvgIpc) is 2.35. The molecule has 2 nitrogen and oxygen atoms in total. The van der Waals surface area contributed by atoms with E-state index in [1.807, 2.05) is 48.6 Å². The van der Waals surface area contributed by atoms with Gasteiger partial charge in [-0.25, -0.2) is 0 Å². The van der Waals surface area contributed by atoms with Crippen molar-refractivity contribution in [1.29, 1.82) is 0 Å². The largest absolute Gasteiger partial charge is 0.151 e. The van der Waals surface area contributed by atoms with E-state index in [1.165, 1.54) is 0 Å². The topological polar surface area (TPSA) is 24.7 Å². The third-order valence-corrected chi connectivity index (χ3v) is 1.76. The first-order valence-electron chi connectivity index (χ1n) is 4.95. The highest BCUT2D eigenvalue weighted by atomic mass is 15.1. The highest BCUT2D eigenvalue weighted by Crippen LogP contribution is 2.12. The van der Waals surface area contributed by atoms with E-state index in [-0.39, 0.29) is 0 Å². The van der Waals surface area contributed by atoms with E-state index in [0.717, 1.165) is 5.69 Å². The average molecular weight is 210 g/mol. The van der Waals surface area contributed by atoms with Gasteiger partial charge in [-0.3, -0.25) is 0 Å². The Kier molecular flexibility index (Phi) is 5.28. The maximum absolute atomic E-state index is 4.08. The van der Waals surface area contributed by atoms with Gasteiger partial charge in [-0.2, -0.15) is 10.2 Å². The summed E-state index contributed by atoms with van der Waals surface area (Å²) < 4.78 is 0. The van der Waals surface area contributed by atoms with Gasteiger partial charge in [0.15, 0.2) is 0 Å². The number of rotatable bonds is 5. The summed E-state index contributed by atoms with van der Waals surface area (Å²) in [5, 5.41) is 8.15. The molecule has 16 heavy (non-hydrogen) atoms. The van der Waals surface area contributed by atoms with E-state index in [1.54, 1.807) is 12.2 Å². The zero-order valence-corrected chi connectivity index (χ0v) is 9.08. The molecule has 0 radical (unpaired) electrons. The van der Waals surface area contributed by atoms with Gasteiger partial charge in [-0.15, -0.1) is 0 Å². The molecule has 0 amide bonds. The summed E-state index contributed by atoms with van der Waals surface area (Å²) in [7, 11) is 0. The second-order valence-electron chi connectivity index (χ2n) is 2.95. The maximum Gasteiger partial charge on any atom is 0.0857 e. The molecule has 0 saturated carbocycles. The quantitative estimate of drug-likeness (QED) is 0.502. The molecule has 1 aromatic carbocycles. The van der Waals surface area contributed by atoms with Gasteiger partial charge in [0.1, 0.15) is 0 Å². The summed E-state index contributed by atoms with van der Waals surface area (Å²) in [4.78, 5) is 0. The molecule has 0 N–H and O–H groups in total. The van der Waals surface area contributed by atoms with Crippen LogP contribution in [-0.2, 0) is 0 Å². The molecule has 0 spiro atoms. The highest BCUT2D eigenvalue weighted by molar-refractivity contribution is 5.35. The normalized spacial score (nSPS) is 12.1. The van der Waals surface area contributed by atoms with Gasteiger partial charge < -0.3 is 0 Å². The van der Waals surface area contributed by atoms with Crippen LogP contribution in [0.2, 0.25) is 0 Å². The maximum atomic E-state index is 4.08. The first-order chi connectivity index (χ1) is 7.86. The first kappa shape index (κ1) is 11.9. The standard InChI is InChI=1S/C14H14N2/c1-3-5-7-10-13(4-2)15-16-14-11-8-6-9-12-14/h3-12H,1-2H2/b7-5-,13-10+,16-15+. The summed E-state index contributed by atoms with van der Waals surface area (Å²) in [6.45, 7) is 7.25. The van der Waals surface area contributed by atoms with Gasteiger partial charge in [0.2, 0.25) is 0 Å². The summed E-state index contributed by atoms with van der Waals surface area (Å²) in [5.74, 6) is 0. The molecule has 0 aromatic heterocycles. The van der Waals surface area contributed by atoms with Crippen molar-refractivity contribution in [2.75, 3.05) is 0 Å². The Labute approximate surface area is 96.0 Å². The molecular weight excluding hydrogens is 196 g/mol. The van der Waals surface area contributed by atoms with Crippen LogP contribution in [0.4, 0.5) is 5.69 Å². The zero-order chi connectivity index (χ0) is 11.6. The van der Waals surface area contributed by atoms with Crippen LogP contribution in [0, 0.1) is 0 Å². The van der Waals surface area contributed by atoms with Crippen molar-refractivity contribution in [3.8, 4) is 0 Å². The van der Waals surface area contributed by atoms with Crippen LogP contribution in [0.15, 0.2) is 89.8 Å². The number of allylic oxidation sites excluding steroid dienone is 5. The van der Waals surface area contributed by atoms with Gasteiger partial charge in [0.25, 0.3) is 0 Å². The molecule has 0 fully saturated rings. The van der Waals surface area contributed by atoms with Crippen molar-refractivity contribution in [2.45, 2.75) is 0 Å². The van der Waals surface area contributed by atoms with E-state index >= 15 is 0 Å². The molecule has 0 unspecified atom stereocenters. The van der Waals surface area contributed by atoms with Gasteiger partial charge in [0.05, 0.1) is 11.4 Å². The van der Waals surface area contributed by atoms with Gasteiger partial charge >= 0.3 is 0 Å². The second kappa shape index (κ2) is 7.12. The molecular formula is C14H14N2. The fourth-order valence-corrected chi connectivity index (χ4v) is 0.985. The number of hydrogen-bond acceptors (Lipinski definition) is 2. The monoisotopic (exact) mass is 210 g/mol. The highest BCUT2D eigenvalue weighted by Gasteiger charge is 1.87. The predicted octanol–water partition coefficient (Wildman–Crippen LogP) is 4.58. The van der Waals surface area contributed by atoms with Crippen molar-refractivity contribution in [3.63, 3.8) is 0 Å². The molecule has 0 aliphatic rings. The van der Waals surface area contributed by atoms with Crippen LogP contribution in [0.3, 0.4) is 0 Å². The first-order valence-corrected chi connectivity index (χ1v) is 4.95. The Morgan fingerprint density at radius 1 is 1.06 bits per heavy atom. The molecule has 0 saturated heterocycles.